The lowest BCUT2D eigenvalue weighted by atomic mass is 10.0. The first-order valence-corrected chi connectivity index (χ1v) is 24.8. The highest BCUT2D eigenvalue weighted by molar-refractivity contribution is 6.84. The number of amides is 2. The average molecular weight is 906 g/mol. The lowest BCUT2D eigenvalue weighted by Gasteiger charge is -2.51. The Morgan fingerprint density at radius 3 is 1.97 bits per heavy atom. The van der Waals surface area contributed by atoms with Gasteiger partial charge in [-0.3, -0.25) is 29.8 Å². The number of methoxy groups -OCH3 is 2. The van der Waals surface area contributed by atoms with E-state index in [-0.39, 0.29) is 94.5 Å². The van der Waals surface area contributed by atoms with E-state index in [1.165, 1.54) is 19.2 Å². The number of nitro groups is 2. The fourth-order valence-electron chi connectivity index (χ4n) is 8.06. The number of hydrogen-bond acceptors (Lipinski definition) is 15. The summed E-state index contributed by atoms with van der Waals surface area (Å²) in [6, 6.07) is 4.86. The van der Waals surface area contributed by atoms with Gasteiger partial charge in [0.05, 0.1) is 42.3 Å². The van der Waals surface area contributed by atoms with Gasteiger partial charge in [-0.05, 0) is 47.1 Å². The van der Waals surface area contributed by atoms with E-state index in [0.29, 0.717) is 12.8 Å². The molecular formula is C41H63N5O14Si2. The maximum absolute atomic E-state index is 12.2. The number of hydrogen-bond donors (Lipinski definition) is 3. The van der Waals surface area contributed by atoms with E-state index < -0.39 is 69.1 Å². The summed E-state index contributed by atoms with van der Waals surface area (Å²) in [6.45, 7) is 17.8. The minimum atomic E-state index is -2.98. The van der Waals surface area contributed by atoms with Crippen molar-refractivity contribution in [1.82, 2.24) is 0 Å². The molecule has 0 aromatic heterocycles. The van der Waals surface area contributed by atoms with Crippen LogP contribution >= 0.6 is 0 Å². The van der Waals surface area contributed by atoms with Gasteiger partial charge in [0.1, 0.15) is 29.8 Å². The van der Waals surface area contributed by atoms with Crippen LogP contribution in [0.1, 0.15) is 94.5 Å². The number of allylic oxidation sites excluding steroid dienone is 1. The fourth-order valence-corrected chi connectivity index (χ4v) is 19.3. The summed E-state index contributed by atoms with van der Waals surface area (Å²) in [7, 11) is -2.91. The highest BCUT2D eigenvalue weighted by atomic mass is 28.5. The number of ether oxygens (including phenoxy) is 5. The highest BCUT2D eigenvalue weighted by Gasteiger charge is 2.62. The molecule has 2 fully saturated rings. The number of nitrogens with one attached hydrogen (secondary N) is 1. The molecule has 2 heterocycles. The van der Waals surface area contributed by atoms with Crippen molar-refractivity contribution in [3.8, 4) is 11.5 Å². The number of fused-ring (bicyclic) bond motifs is 1. The number of nitrogens with two attached hydrogens (primary N) is 2. The molecule has 19 nitrogen and oxygen atoms in total. The van der Waals surface area contributed by atoms with Crippen LogP contribution in [0, 0.1) is 20.2 Å². The molecule has 62 heavy (non-hydrogen) atoms. The quantitative estimate of drug-likeness (QED) is 0.0361. The Labute approximate surface area is 364 Å². The van der Waals surface area contributed by atoms with E-state index in [4.69, 9.17) is 48.1 Å². The number of anilines is 1. The topological polar surface area (TPSA) is 258 Å². The summed E-state index contributed by atoms with van der Waals surface area (Å²) in [4.78, 5) is 46.6. The van der Waals surface area contributed by atoms with Gasteiger partial charge in [-0.2, -0.15) is 0 Å². The lowest BCUT2D eigenvalue weighted by Crippen LogP contribution is -2.66. The normalized spacial score (nSPS) is 20.9. The van der Waals surface area contributed by atoms with Crippen LogP contribution in [-0.4, -0.2) is 104 Å². The van der Waals surface area contributed by atoms with Crippen LogP contribution in [-0.2, 0) is 33.6 Å². The van der Waals surface area contributed by atoms with Gasteiger partial charge in [-0.15, -0.1) is 0 Å². The number of nitrogens with zero attached hydrogens (tertiary/aromatic N) is 2. The predicted molar refractivity (Wildman–Crippen MR) is 235 cm³/mol. The molecule has 4 atom stereocenters. The predicted octanol–water partition coefficient (Wildman–Crippen LogP) is 6.79. The Morgan fingerprint density at radius 1 is 0.855 bits per heavy atom. The minimum Gasteiger partial charge on any atom is -0.494 e. The molecule has 21 heteroatoms. The molecule has 2 saturated heterocycles. The molecule has 2 aliphatic rings. The molecule has 2 aromatic rings. The molecule has 0 bridgehead atoms. The molecule has 5 N–H and O–H groups in total. The number of carbonyl (C=O) groups excluding carboxylic acids is 2. The summed E-state index contributed by atoms with van der Waals surface area (Å²) in [5.74, 6) is -1.53. The van der Waals surface area contributed by atoms with Crippen molar-refractivity contribution >= 4 is 46.0 Å². The Kier molecular flexibility index (Phi) is 17.6. The van der Waals surface area contributed by atoms with Crippen LogP contribution in [0.15, 0.2) is 36.4 Å². The number of carbonyl (C=O) groups is 2. The summed E-state index contributed by atoms with van der Waals surface area (Å²) in [6.07, 6.45) is 1.84. The van der Waals surface area contributed by atoms with E-state index in [2.05, 4.69) is 60.7 Å². The van der Waals surface area contributed by atoms with Gasteiger partial charge in [-0.25, -0.2) is 0 Å². The SMILES string of the molecule is COc1cc(C(N)=O)cc([N+](=O)[O-])c1NC/C=C/CCc1c(OCCCO[C@H]2[C@H](OC)O[C@@H]3CO[Si](C(C)C)(C(C)C)O[Si](C(C)C)(C(C)C)O[C@@H]23)cc(C(N)=O)cc1[N+](=O)[O-]. The van der Waals surface area contributed by atoms with Crippen molar-refractivity contribution in [1.29, 1.82) is 0 Å². The monoisotopic (exact) mass is 905 g/mol. The van der Waals surface area contributed by atoms with Gasteiger partial charge < -0.3 is 53.4 Å². The Hall–Kier alpha value is -4.49. The third-order valence-electron chi connectivity index (χ3n) is 11.3. The number of nitro benzene ring substituents is 2. The smallest absolute Gasteiger partial charge is 0.335 e. The third kappa shape index (κ3) is 11.2. The van der Waals surface area contributed by atoms with Crippen LogP contribution in [0.5, 0.6) is 11.5 Å². The molecule has 2 aliphatic heterocycles. The van der Waals surface area contributed by atoms with Crippen molar-refractivity contribution in [3.05, 3.63) is 73.3 Å². The molecule has 2 amide bonds. The first-order chi connectivity index (χ1) is 29.2. The zero-order valence-electron chi connectivity index (χ0n) is 37.3. The summed E-state index contributed by atoms with van der Waals surface area (Å²) < 4.78 is 51.4. The van der Waals surface area contributed by atoms with Crippen molar-refractivity contribution in [2.24, 2.45) is 11.5 Å². The van der Waals surface area contributed by atoms with Crippen LogP contribution in [0.4, 0.5) is 17.1 Å². The number of benzene rings is 2. The summed E-state index contributed by atoms with van der Waals surface area (Å²) in [5, 5.41) is 26.9. The Bertz CT molecular complexity index is 1930. The summed E-state index contributed by atoms with van der Waals surface area (Å²) in [5.41, 5.74) is 10.8. The molecule has 0 saturated carbocycles. The van der Waals surface area contributed by atoms with Gasteiger partial charge in [0.2, 0.25) is 11.8 Å². The second-order valence-corrected chi connectivity index (χ2v) is 25.4. The van der Waals surface area contributed by atoms with Crippen molar-refractivity contribution in [2.75, 3.05) is 45.9 Å². The van der Waals surface area contributed by atoms with E-state index in [0.717, 1.165) is 12.1 Å². The van der Waals surface area contributed by atoms with Crippen molar-refractivity contribution in [2.45, 2.75) is 121 Å². The molecular weight excluding hydrogens is 843 g/mol. The van der Waals surface area contributed by atoms with Crippen LogP contribution in [0.25, 0.3) is 0 Å². The molecule has 344 valence electrons. The van der Waals surface area contributed by atoms with E-state index >= 15 is 0 Å². The summed E-state index contributed by atoms with van der Waals surface area (Å²) >= 11 is 0. The minimum absolute atomic E-state index is 0.0460. The van der Waals surface area contributed by atoms with Gasteiger partial charge >= 0.3 is 17.1 Å². The van der Waals surface area contributed by atoms with Crippen molar-refractivity contribution in [3.63, 3.8) is 0 Å². The molecule has 0 aliphatic carbocycles. The second kappa shape index (κ2) is 21.7. The van der Waals surface area contributed by atoms with Crippen molar-refractivity contribution < 1.29 is 56.1 Å². The van der Waals surface area contributed by atoms with Crippen LogP contribution < -0.4 is 26.3 Å². The molecule has 0 radical (unpaired) electrons. The first-order valence-electron chi connectivity index (χ1n) is 20.8. The second-order valence-electron chi connectivity index (χ2n) is 16.6. The first kappa shape index (κ1) is 50.2. The lowest BCUT2D eigenvalue weighted by molar-refractivity contribution is -0.385. The zero-order chi connectivity index (χ0) is 46.1. The number of primary amides is 2. The van der Waals surface area contributed by atoms with E-state index in [9.17, 15) is 29.8 Å². The Morgan fingerprint density at radius 2 is 1.44 bits per heavy atom. The molecule has 0 spiro atoms. The molecule has 2 aromatic carbocycles. The number of rotatable bonds is 22. The maximum Gasteiger partial charge on any atom is 0.335 e. The van der Waals surface area contributed by atoms with Crippen LogP contribution in [0.3, 0.4) is 0 Å². The standard InChI is InChI=1S/C41H63N5O14Si2/c1-24(2)61(25(3)4)57-23-35-37(59-62(60-61,26(5)6)27(7)8)38(41(54-10)58-35)56-18-14-17-55-33-21-28(39(42)47)19-31(45(49)50)30(33)15-12-11-13-16-44-36-32(46(51)52)20-29(40(43)48)22-34(36)53-9/h11,13,19-22,24-27,35,37-38,41,44H,12,14-18,23H2,1-10H3,(H2,42,47)(H2,43,48)/b13-11+/t35-,37-,38-,41-/m1/s1. The fraction of sp³-hybridized carbons (Fsp3) is 0.610. The van der Waals surface area contributed by atoms with Gasteiger partial charge in [0, 0.05) is 43.3 Å². The van der Waals surface area contributed by atoms with Gasteiger partial charge in [0.25, 0.3) is 11.4 Å². The largest absolute Gasteiger partial charge is 0.494 e. The zero-order valence-corrected chi connectivity index (χ0v) is 39.3. The van der Waals surface area contributed by atoms with E-state index in [1.807, 2.05) is 0 Å². The highest BCUT2D eigenvalue weighted by Crippen LogP contribution is 2.48. The van der Waals surface area contributed by atoms with Gasteiger partial charge in [-0.1, -0.05) is 67.5 Å². The van der Waals surface area contributed by atoms with E-state index in [1.54, 1.807) is 19.3 Å². The average Bonchev–Trinajstić information content (AvgIpc) is 3.52. The Balaban J connectivity index is 1.47. The van der Waals surface area contributed by atoms with Gasteiger partial charge in [0.15, 0.2) is 12.0 Å². The van der Waals surface area contributed by atoms with Crippen LogP contribution in [0.2, 0.25) is 22.2 Å². The maximum atomic E-state index is 12.2. The molecule has 4 rings (SSSR count). The molecule has 0 unspecified atom stereocenters. The third-order valence-corrected chi connectivity index (χ3v) is 21.5.